The van der Waals surface area contributed by atoms with Crippen LogP contribution in [0.4, 0.5) is 0 Å². The van der Waals surface area contributed by atoms with Crippen LogP contribution in [0, 0.1) is 0 Å². The van der Waals surface area contributed by atoms with Gasteiger partial charge in [-0.25, -0.2) is 4.79 Å². The van der Waals surface area contributed by atoms with Gasteiger partial charge in [0.1, 0.15) is 6.61 Å². The van der Waals surface area contributed by atoms with Crippen molar-refractivity contribution in [3.8, 4) is 0 Å². The van der Waals surface area contributed by atoms with Crippen LogP contribution in [0.2, 0.25) is 5.02 Å². The average molecular weight is 407 g/mol. The number of halogens is 1. The Morgan fingerprint density at radius 1 is 1.08 bits per heavy atom. The first-order valence-electron chi connectivity index (χ1n) is 8.62. The quantitative estimate of drug-likeness (QED) is 0.493. The molecule has 0 aliphatic rings. The molecule has 142 valence electrons. The molecule has 1 rings (SSSR count). The van der Waals surface area contributed by atoms with Crippen molar-refractivity contribution < 1.29 is 17.9 Å². The van der Waals surface area contributed by atoms with Crippen LogP contribution in [0.25, 0.3) is 0 Å². The lowest BCUT2D eigenvalue weighted by atomic mass is 10.2. The fraction of sp³-hybridized carbons (Fsp3) is 0.611. The third-order valence-electron chi connectivity index (χ3n) is 3.65. The molecule has 0 aliphatic heterocycles. The molecule has 0 N–H and O–H groups in total. The minimum atomic E-state index is -1.15. The summed E-state index contributed by atoms with van der Waals surface area (Å²) in [5.41, 5.74) is 0.398. The highest BCUT2D eigenvalue weighted by Gasteiger charge is 2.22. The lowest BCUT2D eigenvalue weighted by Crippen LogP contribution is -2.31. The molecule has 1 aromatic carbocycles. The first-order valence-corrected chi connectivity index (χ1v) is 11.9. The molecule has 0 unspecified atom stereocenters. The molecular formula is C18H27ClO4S2. The van der Waals surface area contributed by atoms with E-state index in [0.29, 0.717) is 27.8 Å². The summed E-state index contributed by atoms with van der Waals surface area (Å²) in [5.74, 6) is 0.978. The standard InChI is InChI=1S/C18H27ClO4S2/c1-3-5-11-24(21)14-17(25(22)12-6-4-2)13-23-18(20)15-7-9-16(19)10-8-15/h7-10,17H,3-6,11-14H2,1-2H3/t17-,24+,25-/m0/s1. The number of benzene rings is 1. The number of ether oxygens (including phenoxy) is 1. The van der Waals surface area contributed by atoms with Crippen molar-refractivity contribution in [2.45, 2.75) is 44.8 Å². The van der Waals surface area contributed by atoms with Crippen LogP contribution in [-0.4, -0.2) is 43.5 Å². The second kappa shape index (κ2) is 12.6. The van der Waals surface area contributed by atoms with Crippen LogP contribution >= 0.6 is 11.6 Å². The van der Waals surface area contributed by atoms with Crippen LogP contribution in [0.1, 0.15) is 49.9 Å². The van der Waals surface area contributed by atoms with E-state index in [2.05, 4.69) is 0 Å². The summed E-state index contributed by atoms with van der Waals surface area (Å²) in [6.45, 7) is 4.10. The second-order valence-corrected chi connectivity index (χ2v) is 9.72. The highest BCUT2D eigenvalue weighted by Crippen LogP contribution is 2.12. The maximum Gasteiger partial charge on any atom is 0.338 e. The summed E-state index contributed by atoms with van der Waals surface area (Å²) in [4.78, 5) is 12.1. The summed E-state index contributed by atoms with van der Waals surface area (Å²) < 4.78 is 30.0. The zero-order valence-corrected chi connectivity index (χ0v) is 17.3. The number of unbranched alkanes of at least 4 members (excludes halogenated alkanes) is 2. The molecule has 0 spiro atoms. The Balaban J connectivity index is 2.64. The Hall–Kier alpha value is -0.720. The molecule has 0 heterocycles. The summed E-state index contributed by atoms with van der Waals surface area (Å²) in [6, 6.07) is 6.42. The molecule has 25 heavy (non-hydrogen) atoms. The van der Waals surface area contributed by atoms with E-state index >= 15 is 0 Å². The number of esters is 1. The fourth-order valence-electron chi connectivity index (χ4n) is 2.09. The van der Waals surface area contributed by atoms with E-state index in [4.69, 9.17) is 16.3 Å². The molecule has 0 fully saturated rings. The fourth-order valence-corrected chi connectivity index (χ4v) is 5.69. The van der Waals surface area contributed by atoms with Crippen LogP contribution in [0.3, 0.4) is 0 Å². The van der Waals surface area contributed by atoms with Gasteiger partial charge in [-0.05, 0) is 37.1 Å². The molecule has 0 aliphatic carbocycles. The van der Waals surface area contributed by atoms with Crippen molar-refractivity contribution in [2.24, 2.45) is 0 Å². The minimum absolute atomic E-state index is 0.0235. The first-order chi connectivity index (χ1) is 12.0. The molecule has 7 heteroatoms. The van der Waals surface area contributed by atoms with E-state index in [9.17, 15) is 13.2 Å². The Bertz CT molecular complexity index is 575. The monoisotopic (exact) mass is 406 g/mol. The number of carbonyl (C=O) groups excluding carboxylic acids is 1. The molecule has 0 aromatic heterocycles. The third-order valence-corrected chi connectivity index (χ3v) is 7.37. The predicted octanol–water partition coefficient (Wildman–Crippen LogP) is 3.96. The molecule has 0 amide bonds. The molecule has 0 saturated heterocycles. The number of hydrogen-bond donors (Lipinski definition) is 0. The van der Waals surface area contributed by atoms with Crippen LogP contribution in [-0.2, 0) is 26.3 Å². The number of carbonyl (C=O) groups is 1. The van der Waals surface area contributed by atoms with Crippen LogP contribution in [0.5, 0.6) is 0 Å². The molecule has 0 saturated carbocycles. The van der Waals surface area contributed by atoms with Gasteiger partial charge in [-0.1, -0.05) is 38.3 Å². The van der Waals surface area contributed by atoms with Crippen molar-refractivity contribution >= 4 is 39.2 Å². The highest BCUT2D eigenvalue weighted by atomic mass is 35.5. The molecule has 1 aromatic rings. The van der Waals surface area contributed by atoms with Crippen molar-refractivity contribution in [3.63, 3.8) is 0 Å². The van der Waals surface area contributed by atoms with Gasteiger partial charge in [0.2, 0.25) is 0 Å². The zero-order valence-electron chi connectivity index (χ0n) is 14.9. The van der Waals surface area contributed by atoms with Gasteiger partial charge in [0.15, 0.2) is 0 Å². The molecule has 0 radical (unpaired) electrons. The van der Waals surface area contributed by atoms with E-state index in [1.54, 1.807) is 24.3 Å². The molecular weight excluding hydrogens is 380 g/mol. The smallest absolute Gasteiger partial charge is 0.338 e. The summed E-state index contributed by atoms with van der Waals surface area (Å²) in [6.07, 6.45) is 3.64. The molecule has 0 bridgehead atoms. The van der Waals surface area contributed by atoms with Gasteiger partial charge in [0, 0.05) is 43.9 Å². The van der Waals surface area contributed by atoms with E-state index < -0.39 is 27.6 Å². The van der Waals surface area contributed by atoms with Gasteiger partial charge in [0.25, 0.3) is 0 Å². The Labute approximate surface area is 160 Å². The van der Waals surface area contributed by atoms with Gasteiger partial charge < -0.3 is 4.74 Å². The third kappa shape index (κ3) is 8.97. The minimum Gasteiger partial charge on any atom is -0.461 e. The Morgan fingerprint density at radius 3 is 2.28 bits per heavy atom. The van der Waals surface area contributed by atoms with Gasteiger partial charge in [-0.15, -0.1) is 0 Å². The Morgan fingerprint density at radius 2 is 1.68 bits per heavy atom. The summed E-state index contributed by atoms with van der Waals surface area (Å²) >= 11 is 5.81. The van der Waals surface area contributed by atoms with E-state index in [1.807, 2.05) is 13.8 Å². The molecule has 4 nitrogen and oxygen atoms in total. The lowest BCUT2D eigenvalue weighted by molar-refractivity contribution is 0.0510. The largest absolute Gasteiger partial charge is 0.461 e. The SMILES string of the molecule is CCCC[S@@](=O)C[C@H](COC(=O)c1ccc(Cl)cc1)[S@@](=O)CCCC. The molecule has 3 atom stereocenters. The topological polar surface area (TPSA) is 60.4 Å². The zero-order chi connectivity index (χ0) is 18.7. The number of hydrogen-bond acceptors (Lipinski definition) is 4. The van der Waals surface area contributed by atoms with Gasteiger partial charge in [-0.2, -0.15) is 0 Å². The van der Waals surface area contributed by atoms with Crippen molar-refractivity contribution in [3.05, 3.63) is 34.9 Å². The van der Waals surface area contributed by atoms with Crippen molar-refractivity contribution in [1.29, 1.82) is 0 Å². The van der Waals surface area contributed by atoms with E-state index in [-0.39, 0.29) is 11.9 Å². The Kier molecular flexibility index (Phi) is 11.3. The second-order valence-electron chi connectivity index (χ2n) is 5.83. The van der Waals surface area contributed by atoms with Gasteiger partial charge >= 0.3 is 5.97 Å². The predicted molar refractivity (Wildman–Crippen MR) is 106 cm³/mol. The lowest BCUT2D eigenvalue weighted by Gasteiger charge is -2.16. The van der Waals surface area contributed by atoms with Gasteiger partial charge in [-0.3, -0.25) is 8.42 Å². The first kappa shape index (κ1) is 22.3. The maximum absolute atomic E-state index is 12.5. The van der Waals surface area contributed by atoms with E-state index in [0.717, 1.165) is 25.7 Å². The average Bonchev–Trinajstić information content (AvgIpc) is 2.61. The van der Waals surface area contributed by atoms with E-state index in [1.165, 1.54) is 0 Å². The van der Waals surface area contributed by atoms with Crippen LogP contribution in [0.15, 0.2) is 24.3 Å². The van der Waals surface area contributed by atoms with Crippen LogP contribution < -0.4 is 0 Å². The van der Waals surface area contributed by atoms with Crippen molar-refractivity contribution in [1.82, 2.24) is 0 Å². The summed E-state index contributed by atoms with van der Waals surface area (Å²) in [5, 5.41) is 0.155. The van der Waals surface area contributed by atoms with Crippen molar-refractivity contribution in [2.75, 3.05) is 23.9 Å². The summed E-state index contributed by atoms with van der Waals surface area (Å²) in [7, 11) is -2.19. The normalized spacial score (nSPS) is 14.7. The van der Waals surface area contributed by atoms with Gasteiger partial charge in [0.05, 0.1) is 10.8 Å². The maximum atomic E-state index is 12.5. The number of rotatable bonds is 12. The highest BCUT2D eigenvalue weighted by molar-refractivity contribution is 7.89.